The molecule has 0 N–H and O–H groups in total. The maximum absolute atomic E-state index is 11.0. The van der Waals surface area contributed by atoms with Crippen molar-refractivity contribution in [1.82, 2.24) is 0 Å². The molecular formula is C17H24O2. The van der Waals surface area contributed by atoms with Crippen LogP contribution >= 0.6 is 0 Å². The molecule has 0 aliphatic rings. The van der Waals surface area contributed by atoms with Crippen LogP contribution in [0, 0.1) is 5.92 Å². The number of carbonyl (C=O) groups is 1. The van der Waals surface area contributed by atoms with E-state index in [0.717, 1.165) is 19.3 Å². The number of unbranched alkanes of at least 4 members (excludes halogenated alkanes) is 1. The van der Waals surface area contributed by atoms with Crippen molar-refractivity contribution < 1.29 is 9.53 Å². The lowest BCUT2D eigenvalue weighted by Gasteiger charge is -2.16. The van der Waals surface area contributed by atoms with Crippen molar-refractivity contribution in [2.45, 2.75) is 46.1 Å². The van der Waals surface area contributed by atoms with Gasteiger partial charge in [-0.3, -0.25) is 4.79 Å². The van der Waals surface area contributed by atoms with Gasteiger partial charge in [-0.2, -0.15) is 0 Å². The number of aryl methyl sites for hydroxylation is 1. The van der Waals surface area contributed by atoms with E-state index in [9.17, 15) is 4.79 Å². The van der Waals surface area contributed by atoms with Crippen LogP contribution < -0.4 is 0 Å². The standard InChI is InChI=1S/C17H24O2/c1-14(2)17(19-15(3)18)13-9-5-8-12-16-10-6-4-7-11-16/h4,6-7,9-11,13-14,17H,5,8,12H2,1-3H3/b13-9-/t17-/m1/s1. The van der Waals surface area contributed by atoms with Crippen LogP contribution in [0.15, 0.2) is 42.5 Å². The summed E-state index contributed by atoms with van der Waals surface area (Å²) in [5.41, 5.74) is 1.37. The Morgan fingerprint density at radius 2 is 1.95 bits per heavy atom. The second kappa shape index (κ2) is 8.52. The van der Waals surface area contributed by atoms with E-state index in [-0.39, 0.29) is 12.1 Å². The van der Waals surface area contributed by atoms with Gasteiger partial charge in [0.2, 0.25) is 0 Å². The fraction of sp³-hybridized carbons (Fsp3) is 0.471. The van der Waals surface area contributed by atoms with Crippen LogP contribution in [0.1, 0.15) is 39.2 Å². The SMILES string of the molecule is CC(=O)O[C@H](/C=C\CCCc1ccccc1)C(C)C. The van der Waals surface area contributed by atoms with Crippen molar-refractivity contribution in [1.29, 1.82) is 0 Å². The molecule has 0 bridgehead atoms. The zero-order valence-electron chi connectivity index (χ0n) is 12.1. The second-order valence-electron chi connectivity index (χ2n) is 5.12. The molecule has 0 amide bonds. The van der Waals surface area contributed by atoms with Gasteiger partial charge in [0.25, 0.3) is 0 Å². The Bertz CT molecular complexity index is 393. The summed E-state index contributed by atoms with van der Waals surface area (Å²) in [4.78, 5) is 11.0. The van der Waals surface area contributed by atoms with E-state index in [0.29, 0.717) is 5.92 Å². The van der Waals surface area contributed by atoms with E-state index in [1.807, 2.05) is 12.1 Å². The van der Waals surface area contributed by atoms with Crippen LogP contribution in [0.25, 0.3) is 0 Å². The van der Waals surface area contributed by atoms with Gasteiger partial charge in [0.05, 0.1) is 0 Å². The number of carbonyl (C=O) groups excluding carboxylic acids is 1. The molecule has 2 heteroatoms. The number of benzene rings is 1. The minimum Gasteiger partial charge on any atom is -0.458 e. The molecule has 2 nitrogen and oxygen atoms in total. The number of esters is 1. The second-order valence-corrected chi connectivity index (χ2v) is 5.12. The van der Waals surface area contributed by atoms with Crippen LogP contribution in [0.2, 0.25) is 0 Å². The zero-order valence-corrected chi connectivity index (χ0v) is 12.1. The molecular weight excluding hydrogens is 236 g/mol. The summed E-state index contributed by atoms with van der Waals surface area (Å²) in [6.45, 7) is 5.57. The first-order valence-electron chi connectivity index (χ1n) is 6.97. The van der Waals surface area contributed by atoms with E-state index in [2.05, 4.69) is 44.2 Å². The first kappa shape index (κ1) is 15.5. The predicted octanol–water partition coefficient (Wildman–Crippen LogP) is 4.15. The highest BCUT2D eigenvalue weighted by atomic mass is 16.5. The number of allylic oxidation sites excluding steroid dienone is 1. The summed E-state index contributed by atoms with van der Waals surface area (Å²) in [7, 11) is 0. The summed E-state index contributed by atoms with van der Waals surface area (Å²) >= 11 is 0. The molecule has 0 fully saturated rings. The lowest BCUT2D eigenvalue weighted by molar-refractivity contribution is -0.145. The molecule has 0 saturated carbocycles. The molecule has 1 aromatic carbocycles. The fourth-order valence-corrected chi connectivity index (χ4v) is 1.89. The first-order valence-corrected chi connectivity index (χ1v) is 6.97. The molecule has 0 aliphatic heterocycles. The largest absolute Gasteiger partial charge is 0.458 e. The predicted molar refractivity (Wildman–Crippen MR) is 78.9 cm³/mol. The minimum absolute atomic E-state index is 0.103. The van der Waals surface area contributed by atoms with Gasteiger partial charge in [-0.05, 0) is 36.8 Å². The van der Waals surface area contributed by atoms with Gasteiger partial charge >= 0.3 is 5.97 Å². The Morgan fingerprint density at radius 1 is 1.26 bits per heavy atom. The fourth-order valence-electron chi connectivity index (χ4n) is 1.89. The molecule has 1 rings (SSSR count). The monoisotopic (exact) mass is 260 g/mol. The minimum atomic E-state index is -0.215. The zero-order chi connectivity index (χ0) is 14.1. The lowest BCUT2D eigenvalue weighted by atomic mass is 10.0. The number of hydrogen-bond donors (Lipinski definition) is 0. The first-order chi connectivity index (χ1) is 9.09. The average Bonchev–Trinajstić information content (AvgIpc) is 2.37. The Morgan fingerprint density at radius 3 is 2.53 bits per heavy atom. The molecule has 1 atom stereocenters. The maximum Gasteiger partial charge on any atom is 0.303 e. The molecule has 0 heterocycles. The van der Waals surface area contributed by atoms with Gasteiger partial charge < -0.3 is 4.74 Å². The Hall–Kier alpha value is -1.57. The van der Waals surface area contributed by atoms with Crippen molar-refractivity contribution in [3.05, 3.63) is 48.0 Å². The normalized spacial score (nSPS) is 12.8. The van der Waals surface area contributed by atoms with Gasteiger partial charge in [0.15, 0.2) is 0 Å². The van der Waals surface area contributed by atoms with Crippen LogP contribution in [0.3, 0.4) is 0 Å². The lowest BCUT2D eigenvalue weighted by Crippen LogP contribution is -2.19. The van der Waals surface area contributed by atoms with Crippen molar-refractivity contribution >= 4 is 5.97 Å². The van der Waals surface area contributed by atoms with Gasteiger partial charge in [-0.15, -0.1) is 0 Å². The highest BCUT2D eigenvalue weighted by molar-refractivity contribution is 5.66. The Kier molecular flexibility index (Phi) is 6.94. The summed E-state index contributed by atoms with van der Waals surface area (Å²) < 4.78 is 5.25. The van der Waals surface area contributed by atoms with E-state index in [4.69, 9.17) is 4.74 Å². The molecule has 0 unspecified atom stereocenters. The van der Waals surface area contributed by atoms with Crippen molar-refractivity contribution in [3.8, 4) is 0 Å². The average molecular weight is 260 g/mol. The van der Waals surface area contributed by atoms with E-state index < -0.39 is 0 Å². The molecule has 0 aliphatic carbocycles. The molecule has 1 aromatic rings. The third-order valence-corrected chi connectivity index (χ3v) is 2.96. The van der Waals surface area contributed by atoms with Gasteiger partial charge in [-0.1, -0.05) is 50.3 Å². The molecule has 104 valence electrons. The summed E-state index contributed by atoms with van der Waals surface area (Å²) in [6, 6.07) is 10.5. The van der Waals surface area contributed by atoms with E-state index in [1.54, 1.807) is 0 Å². The van der Waals surface area contributed by atoms with E-state index in [1.165, 1.54) is 12.5 Å². The molecule has 0 aromatic heterocycles. The maximum atomic E-state index is 11.0. The van der Waals surface area contributed by atoms with Crippen molar-refractivity contribution in [2.75, 3.05) is 0 Å². The van der Waals surface area contributed by atoms with Crippen molar-refractivity contribution in [3.63, 3.8) is 0 Å². The van der Waals surface area contributed by atoms with Gasteiger partial charge in [0.1, 0.15) is 6.10 Å². The quantitative estimate of drug-likeness (QED) is 0.418. The highest BCUT2D eigenvalue weighted by Gasteiger charge is 2.12. The Balaban J connectivity index is 2.30. The van der Waals surface area contributed by atoms with Gasteiger partial charge in [-0.25, -0.2) is 0 Å². The molecule has 19 heavy (non-hydrogen) atoms. The van der Waals surface area contributed by atoms with E-state index >= 15 is 0 Å². The molecule has 0 radical (unpaired) electrons. The highest BCUT2D eigenvalue weighted by Crippen LogP contribution is 2.10. The van der Waals surface area contributed by atoms with Crippen molar-refractivity contribution in [2.24, 2.45) is 5.92 Å². The van der Waals surface area contributed by atoms with Crippen LogP contribution in [0.4, 0.5) is 0 Å². The third kappa shape index (κ3) is 6.80. The topological polar surface area (TPSA) is 26.3 Å². The summed E-state index contributed by atoms with van der Waals surface area (Å²) in [6.07, 6.45) is 7.25. The van der Waals surface area contributed by atoms with Crippen LogP contribution in [-0.2, 0) is 16.0 Å². The van der Waals surface area contributed by atoms with Crippen LogP contribution in [0.5, 0.6) is 0 Å². The third-order valence-electron chi connectivity index (χ3n) is 2.96. The number of rotatable bonds is 7. The van der Waals surface area contributed by atoms with Gasteiger partial charge in [0, 0.05) is 6.92 Å². The smallest absolute Gasteiger partial charge is 0.303 e. The summed E-state index contributed by atoms with van der Waals surface area (Å²) in [5, 5.41) is 0. The van der Waals surface area contributed by atoms with Crippen LogP contribution in [-0.4, -0.2) is 12.1 Å². The summed E-state index contributed by atoms with van der Waals surface area (Å²) in [5.74, 6) is 0.0990. The Labute approximate surface area is 116 Å². The number of ether oxygens (including phenoxy) is 1. The molecule has 0 spiro atoms. The number of hydrogen-bond acceptors (Lipinski definition) is 2. The molecule has 0 saturated heterocycles.